The van der Waals surface area contributed by atoms with Crippen LogP contribution in [0.5, 0.6) is 5.75 Å². The second-order valence-electron chi connectivity index (χ2n) is 4.28. The van der Waals surface area contributed by atoms with Crippen molar-refractivity contribution in [2.45, 2.75) is 6.92 Å². The normalized spacial score (nSPS) is 10.8. The van der Waals surface area contributed by atoms with Crippen LogP contribution in [-0.2, 0) is 0 Å². The fourth-order valence-electron chi connectivity index (χ4n) is 2.25. The molecule has 2 heterocycles. The molecule has 0 amide bonds. The Balaban J connectivity index is 2.32. The molecule has 0 aliphatic heterocycles. The van der Waals surface area contributed by atoms with Crippen LogP contribution in [0.25, 0.3) is 22.2 Å². The van der Waals surface area contributed by atoms with Gasteiger partial charge in [0, 0.05) is 11.8 Å². The van der Waals surface area contributed by atoms with Crippen LogP contribution >= 0.6 is 0 Å². The van der Waals surface area contributed by atoms with Crippen LogP contribution in [0.15, 0.2) is 30.5 Å². The Bertz CT molecular complexity index is 748. The standard InChI is InChI=1S/C14H14N4O/c1-8-17-10-7-16-13(12(10)14(15)18-8)9-5-3-4-6-11(9)19-2/h3-7,16H,1-2H3,(H2,15,17,18). The molecule has 5 nitrogen and oxygen atoms in total. The number of methoxy groups -OCH3 is 1. The van der Waals surface area contributed by atoms with E-state index in [9.17, 15) is 0 Å². The highest BCUT2D eigenvalue weighted by molar-refractivity contribution is 6.01. The predicted molar refractivity (Wildman–Crippen MR) is 75.0 cm³/mol. The summed E-state index contributed by atoms with van der Waals surface area (Å²) in [7, 11) is 1.65. The molecule has 0 bridgehead atoms. The first-order valence-electron chi connectivity index (χ1n) is 5.95. The second kappa shape index (κ2) is 4.28. The third-order valence-corrected chi connectivity index (χ3v) is 3.06. The molecule has 1 aromatic carbocycles. The molecule has 19 heavy (non-hydrogen) atoms. The molecule has 96 valence electrons. The van der Waals surface area contributed by atoms with Gasteiger partial charge in [-0.3, -0.25) is 0 Å². The highest BCUT2D eigenvalue weighted by atomic mass is 16.5. The van der Waals surface area contributed by atoms with Gasteiger partial charge in [0.25, 0.3) is 0 Å². The highest BCUT2D eigenvalue weighted by Crippen LogP contribution is 2.35. The quantitative estimate of drug-likeness (QED) is 0.736. The molecule has 0 aliphatic carbocycles. The average molecular weight is 254 g/mol. The summed E-state index contributed by atoms with van der Waals surface area (Å²) in [6.45, 7) is 1.82. The molecule has 0 saturated carbocycles. The number of anilines is 1. The smallest absolute Gasteiger partial charge is 0.137 e. The molecule has 0 aliphatic rings. The molecular formula is C14H14N4O. The number of rotatable bonds is 2. The number of aromatic amines is 1. The van der Waals surface area contributed by atoms with Crippen molar-refractivity contribution in [2.24, 2.45) is 0 Å². The molecule has 3 aromatic rings. The summed E-state index contributed by atoms with van der Waals surface area (Å²) < 4.78 is 5.38. The molecule has 3 rings (SSSR count). The largest absolute Gasteiger partial charge is 0.496 e. The van der Waals surface area contributed by atoms with Crippen molar-refractivity contribution < 1.29 is 4.74 Å². The number of nitrogens with one attached hydrogen (secondary N) is 1. The lowest BCUT2D eigenvalue weighted by Crippen LogP contribution is -1.96. The summed E-state index contributed by atoms with van der Waals surface area (Å²) >= 11 is 0. The summed E-state index contributed by atoms with van der Waals surface area (Å²) in [5.74, 6) is 1.92. The Kier molecular flexibility index (Phi) is 2.59. The van der Waals surface area contributed by atoms with Gasteiger partial charge in [-0.1, -0.05) is 12.1 Å². The van der Waals surface area contributed by atoms with Gasteiger partial charge in [0.05, 0.1) is 23.7 Å². The van der Waals surface area contributed by atoms with Crippen LogP contribution in [-0.4, -0.2) is 22.1 Å². The lowest BCUT2D eigenvalue weighted by molar-refractivity contribution is 0.416. The van der Waals surface area contributed by atoms with Crippen molar-refractivity contribution in [1.82, 2.24) is 15.0 Å². The van der Waals surface area contributed by atoms with E-state index in [1.54, 1.807) is 7.11 Å². The molecule has 0 fully saturated rings. The monoisotopic (exact) mass is 254 g/mol. The minimum absolute atomic E-state index is 0.477. The van der Waals surface area contributed by atoms with Gasteiger partial charge in [-0.25, -0.2) is 9.97 Å². The topological polar surface area (TPSA) is 76.8 Å². The molecular weight excluding hydrogens is 240 g/mol. The number of hydrogen-bond donors (Lipinski definition) is 2. The van der Waals surface area contributed by atoms with Crippen molar-refractivity contribution in [1.29, 1.82) is 0 Å². The van der Waals surface area contributed by atoms with Gasteiger partial charge in [0.2, 0.25) is 0 Å². The Labute approximate surface area is 110 Å². The number of nitrogens with two attached hydrogens (primary N) is 1. The van der Waals surface area contributed by atoms with Crippen LogP contribution < -0.4 is 10.5 Å². The van der Waals surface area contributed by atoms with Crippen molar-refractivity contribution in [2.75, 3.05) is 12.8 Å². The number of aromatic nitrogens is 3. The minimum Gasteiger partial charge on any atom is -0.496 e. The van der Waals surface area contributed by atoms with E-state index < -0.39 is 0 Å². The van der Waals surface area contributed by atoms with Gasteiger partial charge in [0.15, 0.2) is 0 Å². The summed E-state index contributed by atoms with van der Waals surface area (Å²) in [5.41, 5.74) is 8.65. The van der Waals surface area contributed by atoms with Crippen LogP contribution in [0.1, 0.15) is 5.82 Å². The first kappa shape index (κ1) is 11.5. The predicted octanol–water partition coefficient (Wildman–Crippen LogP) is 2.52. The summed E-state index contributed by atoms with van der Waals surface area (Å²) in [5, 5.41) is 0.829. The SMILES string of the molecule is COc1ccccc1-c1[nH]cc2nc(C)nc(N)c12. The van der Waals surface area contributed by atoms with Crippen LogP contribution in [0.2, 0.25) is 0 Å². The summed E-state index contributed by atoms with van der Waals surface area (Å²) in [4.78, 5) is 11.8. The fourth-order valence-corrected chi connectivity index (χ4v) is 2.25. The molecule has 0 spiro atoms. The van der Waals surface area contributed by atoms with E-state index >= 15 is 0 Å². The number of hydrogen-bond acceptors (Lipinski definition) is 4. The van der Waals surface area contributed by atoms with Crippen LogP contribution in [0, 0.1) is 6.92 Å². The van der Waals surface area contributed by atoms with Crippen molar-refractivity contribution in [3.05, 3.63) is 36.3 Å². The van der Waals surface area contributed by atoms with Crippen molar-refractivity contribution in [3.8, 4) is 17.0 Å². The summed E-state index contributed by atoms with van der Waals surface area (Å²) in [6.07, 6.45) is 1.84. The van der Waals surface area contributed by atoms with Gasteiger partial charge < -0.3 is 15.5 Å². The Morgan fingerprint density at radius 2 is 2.00 bits per heavy atom. The van der Waals surface area contributed by atoms with E-state index in [0.29, 0.717) is 11.6 Å². The Hall–Kier alpha value is -2.56. The molecule has 2 aromatic heterocycles. The van der Waals surface area contributed by atoms with Gasteiger partial charge in [0.1, 0.15) is 17.4 Å². The maximum Gasteiger partial charge on any atom is 0.137 e. The zero-order valence-corrected chi connectivity index (χ0v) is 10.8. The van der Waals surface area contributed by atoms with E-state index in [0.717, 1.165) is 27.9 Å². The second-order valence-corrected chi connectivity index (χ2v) is 4.28. The first-order valence-corrected chi connectivity index (χ1v) is 5.95. The number of para-hydroxylation sites is 1. The molecule has 0 radical (unpaired) electrons. The summed E-state index contributed by atoms with van der Waals surface area (Å²) in [6, 6.07) is 7.77. The molecule has 0 saturated heterocycles. The third kappa shape index (κ3) is 1.79. The van der Waals surface area contributed by atoms with E-state index in [4.69, 9.17) is 10.5 Å². The van der Waals surface area contributed by atoms with E-state index in [2.05, 4.69) is 15.0 Å². The lowest BCUT2D eigenvalue weighted by Gasteiger charge is -2.07. The zero-order valence-electron chi connectivity index (χ0n) is 10.8. The fraction of sp³-hybridized carbons (Fsp3) is 0.143. The Morgan fingerprint density at radius 3 is 2.79 bits per heavy atom. The maximum atomic E-state index is 6.02. The van der Waals surface area contributed by atoms with Crippen molar-refractivity contribution in [3.63, 3.8) is 0 Å². The van der Waals surface area contributed by atoms with Gasteiger partial charge in [-0.15, -0.1) is 0 Å². The Morgan fingerprint density at radius 1 is 1.21 bits per heavy atom. The zero-order chi connectivity index (χ0) is 13.4. The maximum absolute atomic E-state index is 6.02. The van der Waals surface area contributed by atoms with Crippen molar-refractivity contribution >= 4 is 16.7 Å². The van der Waals surface area contributed by atoms with E-state index in [1.165, 1.54) is 0 Å². The number of fused-ring (bicyclic) bond motifs is 1. The van der Waals surface area contributed by atoms with E-state index in [-0.39, 0.29) is 0 Å². The van der Waals surface area contributed by atoms with Crippen LogP contribution in [0.4, 0.5) is 5.82 Å². The number of nitrogens with zero attached hydrogens (tertiary/aromatic N) is 2. The van der Waals surface area contributed by atoms with Gasteiger partial charge in [-0.05, 0) is 19.1 Å². The third-order valence-electron chi connectivity index (χ3n) is 3.06. The number of H-pyrrole nitrogens is 1. The number of ether oxygens (including phenoxy) is 1. The van der Waals surface area contributed by atoms with Gasteiger partial charge >= 0.3 is 0 Å². The van der Waals surface area contributed by atoms with Crippen LogP contribution in [0.3, 0.4) is 0 Å². The first-order chi connectivity index (χ1) is 9.20. The molecule has 5 heteroatoms. The molecule has 3 N–H and O–H groups in total. The van der Waals surface area contributed by atoms with E-state index in [1.807, 2.05) is 37.4 Å². The average Bonchev–Trinajstić information content (AvgIpc) is 2.82. The lowest BCUT2D eigenvalue weighted by atomic mass is 10.1. The number of aryl methyl sites for hydroxylation is 1. The molecule has 0 atom stereocenters. The highest BCUT2D eigenvalue weighted by Gasteiger charge is 2.14. The van der Waals surface area contributed by atoms with Gasteiger partial charge in [-0.2, -0.15) is 0 Å². The molecule has 0 unspecified atom stereocenters. The minimum atomic E-state index is 0.477. The number of nitrogen functional groups attached to an aromatic ring is 1. The number of benzene rings is 1.